The molecular weight excluding hydrogens is 420 g/mol. The Morgan fingerprint density at radius 2 is 1.97 bits per heavy atom. The van der Waals surface area contributed by atoms with Crippen molar-refractivity contribution in [1.82, 2.24) is 20.4 Å². The van der Waals surface area contributed by atoms with Crippen LogP contribution in [0.25, 0.3) is 22.3 Å². The van der Waals surface area contributed by atoms with Crippen LogP contribution in [0.3, 0.4) is 0 Å². The van der Waals surface area contributed by atoms with E-state index in [0.29, 0.717) is 30.7 Å². The molecule has 2 N–H and O–H groups in total. The minimum Gasteiger partial charge on any atom is -0.497 e. The number of amides is 1. The Kier molecular flexibility index (Phi) is 6.53. The first-order chi connectivity index (χ1) is 15.9. The topological polar surface area (TPSA) is 110 Å². The van der Waals surface area contributed by atoms with Gasteiger partial charge in [-0.25, -0.2) is 0 Å². The summed E-state index contributed by atoms with van der Waals surface area (Å²) in [6.07, 6.45) is 1.33. The Labute approximate surface area is 191 Å². The van der Waals surface area contributed by atoms with Crippen LogP contribution in [0.1, 0.15) is 42.8 Å². The van der Waals surface area contributed by atoms with Crippen molar-refractivity contribution in [3.63, 3.8) is 0 Å². The van der Waals surface area contributed by atoms with Gasteiger partial charge in [-0.1, -0.05) is 28.9 Å². The molecule has 1 unspecified atom stereocenters. The zero-order valence-electron chi connectivity index (χ0n) is 18.8. The third-order valence-electron chi connectivity index (χ3n) is 5.50. The summed E-state index contributed by atoms with van der Waals surface area (Å²) in [5.41, 5.74) is 2.93. The third kappa shape index (κ3) is 5.28. The number of ether oxygens (including phenoxy) is 1. The van der Waals surface area contributed by atoms with Gasteiger partial charge in [-0.15, -0.1) is 0 Å². The van der Waals surface area contributed by atoms with Gasteiger partial charge in [-0.3, -0.25) is 9.59 Å². The van der Waals surface area contributed by atoms with E-state index < -0.39 is 0 Å². The predicted molar refractivity (Wildman–Crippen MR) is 125 cm³/mol. The van der Waals surface area contributed by atoms with E-state index in [1.54, 1.807) is 13.2 Å². The quantitative estimate of drug-likeness (QED) is 0.422. The molecule has 0 saturated heterocycles. The van der Waals surface area contributed by atoms with Crippen LogP contribution in [0.5, 0.6) is 5.75 Å². The van der Waals surface area contributed by atoms with Gasteiger partial charge in [0.15, 0.2) is 0 Å². The molecule has 4 rings (SSSR count). The summed E-state index contributed by atoms with van der Waals surface area (Å²) in [5.74, 6) is 1.35. The van der Waals surface area contributed by atoms with E-state index in [9.17, 15) is 9.59 Å². The Hall–Kier alpha value is -3.94. The SMILES string of the molecule is COc1ccc(C(C)NC(=O)CCCc2nc(-c3cc4cc(C)ccc4[nH]c3=O)no2)cc1. The maximum atomic E-state index is 12.4. The average Bonchev–Trinajstić information content (AvgIpc) is 3.27. The molecule has 0 radical (unpaired) electrons. The van der Waals surface area contributed by atoms with Gasteiger partial charge in [-0.2, -0.15) is 4.98 Å². The van der Waals surface area contributed by atoms with Crippen LogP contribution < -0.4 is 15.6 Å². The van der Waals surface area contributed by atoms with Gasteiger partial charge < -0.3 is 19.6 Å². The lowest BCUT2D eigenvalue weighted by Crippen LogP contribution is -2.26. The highest BCUT2D eigenvalue weighted by Crippen LogP contribution is 2.20. The minimum absolute atomic E-state index is 0.0561. The lowest BCUT2D eigenvalue weighted by molar-refractivity contribution is -0.121. The summed E-state index contributed by atoms with van der Waals surface area (Å²) in [6.45, 7) is 3.93. The average molecular weight is 447 g/mol. The maximum Gasteiger partial charge on any atom is 0.259 e. The molecule has 1 amide bonds. The fraction of sp³-hybridized carbons (Fsp3) is 0.280. The molecular formula is C25H26N4O4. The van der Waals surface area contributed by atoms with E-state index in [0.717, 1.165) is 27.8 Å². The number of hydrogen-bond donors (Lipinski definition) is 2. The number of benzene rings is 2. The highest BCUT2D eigenvalue weighted by molar-refractivity contribution is 5.82. The number of fused-ring (bicyclic) bond motifs is 1. The second kappa shape index (κ2) is 9.68. The summed E-state index contributed by atoms with van der Waals surface area (Å²) in [7, 11) is 1.62. The molecule has 2 heterocycles. The normalized spacial score (nSPS) is 12.0. The molecule has 0 aliphatic rings. The van der Waals surface area contributed by atoms with Crippen LogP contribution in [0.2, 0.25) is 0 Å². The van der Waals surface area contributed by atoms with Gasteiger partial charge in [0.05, 0.1) is 18.7 Å². The summed E-state index contributed by atoms with van der Waals surface area (Å²) in [4.78, 5) is 32.0. The number of pyridine rings is 1. The van der Waals surface area contributed by atoms with Crippen molar-refractivity contribution in [1.29, 1.82) is 0 Å². The lowest BCUT2D eigenvalue weighted by Gasteiger charge is -2.14. The van der Waals surface area contributed by atoms with Crippen LogP contribution in [0, 0.1) is 6.92 Å². The first-order valence-corrected chi connectivity index (χ1v) is 10.8. The summed E-state index contributed by atoms with van der Waals surface area (Å²) in [6, 6.07) is 15.1. The molecule has 0 fully saturated rings. The Morgan fingerprint density at radius 3 is 2.73 bits per heavy atom. The number of aromatic nitrogens is 3. The van der Waals surface area contributed by atoms with E-state index in [1.807, 2.05) is 56.3 Å². The number of nitrogens with one attached hydrogen (secondary N) is 2. The molecule has 33 heavy (non-hydrogen) atoms. The zero-order chi connectivity index (χ0) is 23.4. The summed E-state index contributed by atoms with van der Waals surface area (Å²) < 4.78 is 10.5. The molecule has 2 aromatic heterocycles. The second-order valence-electron chi connectivity index (χ2n) is 8.03. The van der Waals surface area contributed by atoms with Crippen molar-refractivity contribution < 1.29 is 14.1 Å². The van der Waals surface area contributed by atoms with E-state index >= 15 is 0 Å². The number of aromatic amines is 1. The largest absolute Gasteiger partial charge is 0.497 e. The number of nitrogens with zero attached hydrogens (tertiary/aromatic N) is 2. The smallest absolute Gasteiger partial charge is 0.259 e. The molecule has 0 saturated carbocycles. The van der Waals surface area contributed by atoms with Gasteiger partial charge in [0, 0.05) is 18.4 Å². The summed E-state index contributed by atoms with van der Waals surface area (Å²) in [5, 5.41) is 7.85. The van der Waals surface area contributed by atoms with Crippen LogP contribution in [-0.2, 0) is 11.2 Å². The van der Waals surface area contributed by atoms with Gasteiger partial charge in [0.25, 0.3) is 5.56 Å². The maximum absolute atomic E-state index is 12.4. The lowest BCUT2D eigenvalue weighted by atomic mass is 10.1. The fourth-order valence-corrected chi connectivity index (χ4v) is 3.65. The highest BCUT2D eigenvalue weighted by atomic mass is 16.5. The van der Waals surface area contributed by atoms with Gasteiger partial charge >= 0.3 is 0 Å². The van der Waals surface area contributed by atoms with Crippen molar-refractivity contribution >= 4 is 16.8 Å². The molecule has 0 spiro atoms. The molecule has 0 bridgehead atoms. The van der Waals surface area contributed by atoms with Crippen LogP contribution in [0.4, 0.5) is 0 Å². The molecule has 2 aromatic carbocycles. The van der Waals surface area contributed by atoms with Gasteiger partial charge in [-0.05, 0) is 61.5 Å². The van der Waals surface area contributed by atoms with Crippen LogP contribution >= 0.6 is 0 Å². The molecule has 0 aliphatic carbocycles. The Bertz CT molecular complexity index is 1320. The Morgan fingerprint density at radius 1 is 1.18 bits per heavy atom. The first kappa shape index (κ1) is 22.3. The van der Waals surface area contributed by atoms with Crippen molar-refractivity contribution in [2.75, 3.05) is 7.11 Å². The number of methoxy groups -OCH3 is 1. The highest BCUT2D eigenvalue weighted by Gasteiger charge is 2.15. The number of hydrogen-bond acceptors (Lipinski definition) is 6. The number of aryl methyl sites for hydroxylation is 2. The molecule has 8 nitrogen and oxygen atoms in total. The molecule has 170 valence electrons. The summed E-state index contributed by atoms with van der Waals surface area (Å²) >= 11 is 0. The third-order valence-corrected chi connectivity index (χ3v) is 5.50. The van der Waals surface area contributed by atoms with E-state index in [4.69, 9.17) is 9.26 Å². The zero-order valence-corrected chi connectivity index (χ0v) is 18.8. The first-order valence-electron chi connectivity index (χ1n) is 10.8. The van der Waals surface area contributed by atoms with Crippen molar-refractivity contribution in [3.05, 3.63) is 75.9 Å². The van der Waals surface area contributed by atoms with E-state index in [-0.39, 0.29) is 23.3 Å². The van der Waals surface area contributed by atoms with Crippen LogP contribution in [-0.4, -0.2) is 28.1 Å². The van der Waals surface area contributed by atoms with Crippen LogP contribution in [0.15, 0.2) is 57.8 Å². The van der Waals surface area contributed by atoms with E-state index in [2.05, 4.69) is 20.4 Å². The standard InChI is InChI=1S/C25H26N4O4/c1-15-7-12-21-18(13-15)14-20(25(31)27-21)24-28-23(33-29-24)6-4-5-22(30)26-16(2)17-8-10-19(32-3)11-9-17/h7-14,16H,4-6H2,1-3H3,(H,26,30)(H,27,31). The fourth-order valence-electron chi connectivity index (χ4n) is 3.65. The number of carbonyl (C=O) groups excluding carboxylic acids is 1. The number of rotatable bonds is 8. The van der Waals surface area contributed by atoms with Gasteiger partial charge in [0.2, 0.25) is 17.6 Å². The predicted octanol–water partition coefficient (Wildman–Crippen LogP) is 4.10. The second-order valence-corrected chi connectivity index (χ2v) is 8.03. The monoisotopic (exact) mass is 446 g/mol. The molecule has 0 aliphatic heterocycles. The van der Waals surface area contributed by atoms with Crippen molar-refractivity contribution in [2.24, 2.45) is 0 Å². The molecule has 4 aromatic rings. The molecule has 1 atom stereocenters. The minimum atomic E-state index is -0.273. The van der Waals surface area contributed by atoms with E-state index in [1.165, 1.54) is 0 Å². The van der Waals surface area contributed by atoms with Crippen molar-refractivity contribution in [2.45, 2.75) is 39.2 Å². The van der Waals surface area contributed by atoms with Gasteiger partial charge in [0.1, 0.15) is 5.75 Å². The molecule has 8 heteroatoms. The Balaban J connectivity index is 1.33. The number of carbonyl (C=O) groups is 1. The van der Waals surface area contributed by atoms with Crippen molar-refractivity contribution in [3.8, 4) is 17.1 Å². The number of H-pyrrole nitrogens is 1.